The van der Waals surface area contributed by atoms with Gasteiger partial charge in [-0.15, -0.1) is 0 Å². The molecule has 1 atom stereocenters. The van der Waals surface area contributed by atoms with E-state index < -0.39 is 5.92 Å². The van der Waals surface area contributed by atoms with Crippen molar-refractivity contribution < 1.29 is 13.6 Å². The Balaban J connectivity index is 2.20. The number of hydrogen-bond acceptors (Lipinski definition) is 1. The van der Waals surface area contributed by atoms with Crippen LogP contribution >= 0.6 is 0 Å². The summed E-state index contributed by atoms with van der Waals surface area (Å²) < 4.78 is 26.0. The molecule has 1 aromatic rings. The van der Waals surface area contributed by atoms with Crippen LogP contribution in [0, 0.1) is 0 Å². The van der Waals surface area contributed by atoms with Crippen LogP contribution in [0.1, 0.15) is 41.1 Å². The molecule has 15 heavy (non-hydrogen) atoms. The number of carbonyl (C=O) groups excluding carboxylic acids is 1. The number of hydrogen-bond donors (Lipinski definition) is 0. The zero-order valence-corrected chi connectivity index (χ0v) is 8.25. The maximum absolute atomic E-state index is 13.0. The van der Waals surface area contributed by atoms with Gasteiger partial charge in [-0.2, -0.15) is 0 Å². The molecule has 1 aliphatic carbocycles. The van der Waals surface area contributed by atoms with Crippen molar-refractivity contribution in [2.24, 2.45) is 0 Å². The molecule has 2 rings (SSSR count). The van der Waals surface area contributed by atoms with Crippen LogP contribution in [0.25, 0.3) is 0 Å². The number of benzene rings is 1. The molecule has 1 aromatic carbocycles. The fourth-order valence-electron chi connectivity index (χ4n) is 2.12. The average molecular weight is 210 g/mol. The predicted molar refractivity (Wildman–Crippen MR) is 53.4 cm³/mol. The van der Waals surface area contributed by atoms with E-state index in [0.29, 0.717) is 12.0 Å². The van der Waals surface area contributed by atoms with Crippen LogP contribution in [-0.2, 0) is 0 Å². The van der Waals surface area contributed by atoms with Crippen LogP contribution in [0.15, 0.2) is 24.3 Å². The quantitative estimate of drug-likeness (QED) is 0.684. The highest BCUT2D eigenvalue weighted by Gasteiger charge is 2.39. The molecule has 1 nitrogen and oxygen atoms in total. The smallest absolute Gasteiger partial charge is 0.248 e. The Kier molecular flexibility index (Phi) is 2.55. The first-order valence-corrected chi connectivity index (χ1v) is 5.04. The molecule has 3 heteroatoms. The van der Waals surface area contributed by atoms with Crippen LogP contribution in [0.4, 0.5) is 8.78 Å². The molecule has 0 saturated heterocycles. The first-order valence-electron chi connectivity index (χ1n) is 5.04. The molecule has 80 valence electrons. The molecule has 1 fully saturated rings. The van der Waals surface area contributed by atoms with Crippen molar-refractivity contribution in [3.8, 4) is 0 Å². The second-order valence-corrected chi connectivity index (χ2v) is 4.08. The van der Waals surface area contributed by atoms with E-state index in [9.17, 15) is 13.6 Å². The maximum Gasteiger partial charge on any atom is 0.248 e. The van der Waals surface area contributed by atoms with E-state index in [1.807, 2.05) is 6.07 Å². The van der Waals surface area contributed by atoms with E-state index >= 15 is 0 Å². The molecule has 1 aliphatic rings. The van der Waals surface area contributed by atoms with Crippen molar-refractivity contribution in [1.82, 2.24) is 0 Å². The summed E-state index contributed by atoms with van der Waals surface area (Å²) in [5.41, 5.74) is 1.42. The van der Waals surface area contributed by atoms with E-state index in [4.69, 9.17) is 0 Å². The van der Waals surface area contributed by atoms with Crippen LogP contribution in [0.5, 0.6) is 0 Å². The molecule has 0 aliphatic heterocycles. The Morgan fingerprint density at radius 2 is 2.20 bits per heavy atom. The van der Waals surface area contributed by atoms with Gasteiger partial charge in [0.15, 0.2) is 0 Å². The van der Waals surface area contributed by atoms with Gasteiger partial charge >= 0.3 is 0 Å². The van der Waals surface area contributed by atoms with Crippen molar-refractivity contribution in [3.63, 3.8) is 0 Å². The SMILES string of the molecule is O=Cc1cccc(C2CCC(F)(F)C2)c1. The lowest BCUT2D eigenvalue weighted by atomic mass is 9.96. The van der Waals surface area contributed by atoms with Gasteiger partial charge in [-0.05, 0) is 24.0 Å². The zero-order valence-electron chi connectivity index (χ0n) is 8.25. The fourth-order valence-corrected chi connectivity index (χ4v) is 2.12. The van der Waals surface area contributed by atoms with Gasteiger partial charge in [0.05, 0.1) is 0 Å². The zero-order chi connectivity index (χ0) is 10.9. The van der Waals surface area contributed by atoms with Crippen molar-refractivity contribution in [2.45, 2.75) is 31.1 Å². The largest absolute Gasteiger partial charge is 0.298 e. The summed E-state index contributed by atoms with van der Waals surface area (Å²) in [4.78, 5) is 10.6. The number of halogens is 2. The Hall–Kier alpha value is -1.25. The fraction of sp³-hybridized carbons (Fsp3) is 0.417. The second kappa shape index (κ2) is 3.72. The standard InChI is InChI=1S/C12H12F2O/c13-12(14)5-4-11(7-12)10-3-1-2-9(6-10)8-15/h1-3,6,8,11H,4-5,7H2. The van der Waals surface area contributed by atoms with E-state index in [0.717, 1.165) is 11.8 Å². The van der Waals surface area contributed by atoms with Gasteiger partial charge in [0, 0.05) is 18.4 Å². The van der Waals surface area contributed by atoms with Crippen LogP contribution in [-0.4, -0.2) is 12.2 Å². The van der Waals surface area contributed by atoms with Crippen molar-refractivity contribution in [1.29, 1.82) is 0 Å². The molecule has 0 bridgehead atoms. The first-order chi connectivity index (χ1) is 7.11. The Morgan fingerprint density at radius 3 is 2.80 bits per heavy atom. The lowest BCUT2D eigenvalue weighted by Gasteiger charge is -2.11. The second-order valence-electron chi connectivity index (χ2n) is 4.08. The van der Waals surface area contributed by atoms with E-state index in [-0.39, 0.29) is 18.8 Å². The highest BCUT2D eigenvalue weighted by atomic mass is 19.3. The molecular weight excluding hydrogens is 198 g/mol. The van der Waals surface area contributed by atoms with Gasteiger partial charge in [-0.3, -0.25) is 4.79 Å². The predicted octanol–water partition coefficient (Wildman–Crippen LogP) is 3.40. The lowest BCUT2D eigenvalue weighted by molar-refractivity contribution is 0.00776. The van der Waals surface area contributed by atoms with Crippen molar-refractivity contribution >= 4 is 6.29 Å². The maximum atomic E-state index is 13.0. The van der Waals surface area contributed by atoms with Gasteiger partial charge in [0.2, 0.25) is 5.92 Å². The molecule has 0 radical (unpaired) electrons. The normalized spacial score (nSPS) is 24.0. The third-order valence-electron chi connectivity index (χ3n) is 2.92. The lowest BCUT2D eigenvalue weighted by Crippen LogP contribution is -2.09. The van der Waals surface area contributed by atoms with E-state index in [1.165, 1.54) is 0 Å². The third kappa shape index (κ3) is 2.22. The molecule has 0 heterocycles. The van der Waals surface area contributed by atoms with Gasteiger partial charge in [0.25, 0.3) is 0 Å². The van der Waals surface area contributed by atoms with Crippen molar-refractivity contribution in [3.05, 3.63) is 35.4 Å². The number of carbonyl (C=O) groups is 1. The summed E-state index contributed by atoms with van der Waals surface area (Å²) in [7, 11) is 0. The van der Waals surface area contributed by atoms with Crippen LogP contribution in [0.2, 0.25) is 0 Å². The molecular formula is C12H12F2O. The van der Waals surface area contributed by atoms with Gasteiger partial charge < -0.3 is 0 Å². The summed E-state index contributed by atoms with van der Waals surface area (Å²) in [5, 5.41) is 0. The number of rotatable bonds is 2. The Morgan fingerprint density at radius 1 is 1.40 bits per heavy atom. The minimum Gasteiger partial charge on any atom is -0.298 e. The molecule has 0 amide bonds. The molecule has 1 saturated carbocycles. The van der Waals surface area contributed by atoms with E-state index in [2.05, 4.69) is 0 Å². The summed E-state index contributed by atoms with van der Waals surface area (Å²) in [5.74, 6) is -2.62. The molecule has 0 spiro atoms. The summed E-state index contributed by atoms with van der Waals surface area (Å²) in [6, 6.07) is 6.96. The third-order valence-corrected chi connectivity index (χ3v) is 2.92. The first kappa shape index (κ1) is 10.3. The minimum atomic E-state index is -2.53. The molecule has 1 unspecified atom stereocenters. The van der Waals surface area contributed by atoms with E-state index in [1.54, 1.807) is 18.2 Å². The highest BCUT2D eigenvalue weighted by molar-refractivity contribution is 5.75. The summed E-state index contributed by atoms with van der Waals surface area (Å²) in [6.45, 7) is 0. The van der Waals surface area contributed by atoms with Crippen LogP contribution < -0.4 is 0 Å². The topological polar surface area (TPSA) is 17.1 Å². The molecule has 0 aromatic heterocycles. The van der Waals surface area contributed by atoms with Crippen LogP contribution in [0.3, 0.4) is 0 Å². The summed E-state index contributed by atoms with van der Waals surface area (Å²) >= 11 is 0. The van der Waals surface area contributed by atoms with Crippen molar-refractivity contribution in [2.75, 3.05) is 0 Å². The minimum absolute atomic E-state index is 0.0387. The Bertz CT molecular complexity index is 374. The molecule has 0 N–H and O–H groups in total. The Labute approximate surface area is 87.1 Å². The van der Waals surface area contributed by atoms with Gasteiger partial charge in [-0.1, -0.05) is 18.2 Å². The van der Waals surface area contributed by atoms with Gasteiger partial charge in [-0.25, -0.2) is 8.78 Å². The highest BCUT2D eigenvalue weighted by Crippen LogP contribution is 2.44. The number of aldehydes is 1. The number of alkyl halides is 2. The average Bonchev–Trinajstić information content (AvgIpc) is 2.59. The summed E-state index contributed by atoms with van der Waals surface area (Å²) in [6.07, 6.45) is 1.13. The van der Waals surface area contributed by atoms with Gasteiger partial charge in [0.1, 0.15) is 6.29 Å². The monoisotopic (exact) mass is 210 g/mol.